The summed E-state index contributed by atoms with van der Waals surface area (Å²) < 4.78 is 18.9. The van der Waals surface area contributed by atoms with Crippen LogP contribution in [0.15, 0.2) is 24.3 Å². The standard InChI is InChI=1S/C11H11FN2O5/c12-9-5-13(11(15)16)6-10(9)19-8-3-1-2-7(4-8)14(17)18/h1-4,9-10H,5-6H2,(H,15,16). The predicted octanol–water partition coefficient (Wildman–Crippen LogP) is 1.67. The first kappa shape index (κ1) is 13.1. The van der Waals surface area contributed by atoms with E-state index in [1.54, 1.807) is 0 Å². The van der Waals surface area contributed by atoms with Crippen molar-refractivity contribution in [2.24, 2.45) is 0 Å². The van der Waals surface area contributed by atoms with Gasteiger partial charge >= 0.3 is 6.09 Å². The van der Waals surface area contributed by atoms with Crippen LogP contribution < -0.4 is 4.74 Å². The molecule has 0 radical (unpaired) electrons. The Balaban J connectivity index is 2.07. The number of ether oxygens (including phenoxy) is 1. The number of carboxylic acid groups (broad SMARTS) is 1. The van der Waals surface area contributed by atoms with Crippen molar-refractivity contribution >= 4 is 11.8 Å². The van der Waals surface area contributed by atoms with Gasteiger partial charge in [-0.05, 0) is 6.07 Å². The number of benzene rings is 1. The number of nitro benzene ring substituents is 1. The van der Waals surface area contributed by atoms with E-state index in [4.69, 9.17) is 9.84 Å². The Hall–Kier alpha value is -2.38. The second kappa shape index (κ2) is 5.09. The van der Waals surface area contributed by atoms with Crippen LogP contribution in [0.1, 0.15) is 0 Å². The Kier molecular flexibility index (Phi) is 3.50. The van der Waals surface area contributed by atoms with Crippen molar-refractivity contribution in [3.8, 4) is 5.75 Å². The van der Waals surface area contributed by atoms with Crippen molar-refractivity contribution < 1.29 is 24.0 Å². The first-order valence-electron chi connectivity index (χ1n) is 5.50. The average Bonchev–Trinajstić information content (AvgIpc) is 2.71. The molecule has 0 spiro atoms. The Morgan fingerprint density at radius 3 is 2.84 bits per heavy atom. The van der Waals surface area contributed by atoms with E-state index in [1.807, 2.05) is 0 Å². The summed E-state index contributed by atoms with van der Waals surface area (Å²) in [6, 6.07) is 5.35. The Morgan fingerprint density at radius 2 is 2.26 bits per heavy atom. The number of likely N-dealkylation sites (tertiary alicyclic amines) is 1. The molecule has 7 nitrogen and oxygen atoms in total. The molecule has 102 valence electrons. The number of carbonyl (C=O) groups is 1. The molecule has 1 N–H and O–H groups in total. The summed E-state index contributed by atoms with van der Waals surface area (Å²) in [6.07, 6.45) is -3.61. The van der Waals surface area contributed by atoms with Crippen LogP contribution >= 0.6 is 0 Å². The van der Waals surface area contributed by atoms with E-state index in [1.165, 1.54) is 24.3 Å². The summed E-state index contributed by atoms with van der Waals surface area (Å²) in [5, 5.41) is 19.3. The second-order valence-electron chi connectivity index (χ2n) is 4.11. The molecule has 2 unspecified atom stereocenters. The van der Waals surface area contributed by atoms with E-state index in [9.17, 15) is 19.3 Å². The molecule has 1 amide bonds. The third-order valence-corrected chi connectivity index (χ3v) is 2.78. The summed E-state index contributed by atoms with van der Waals surface area (Å²) in [5.74, 6) is 0.147. The number of halogens is 1. The zero-order valence-electron chi connectivity index (χ0n) is 9.73. The molecule has 1 aliphatic heterocycles. The second-order valence-corrected chi connectivity index (χ2v) is 4.11. The minimum Gasteiger partial charge on any atom is -0.485 e. The van der Waals surface area contributed by atoms with Gasteiger partial charge in [-0.15, -0.1) is 0 Å². The van der Waals surface area contributed by atoms with Gasteiger partial charge in [0.15, 0.2) is 6.17 Å². The highest BCUT2D eigenvalue weighted by molar-refractivity contribution is 5.65. The highest BCUT2D eigenvalue weighted by atomic mass is 19.1. The molecule has 0 aliphatic carbocycles. The lowest BCUT2D eigenvalue weighted by atomic mass is 10.2. The first-order chi connectivity index (χ1) is 8.97. The largest absolute Gasteiger partial charge is 0.485 e. The number of rotatable bonds is 3. The van der Waals surface area contributed by atoms with Crippen LogP contribution in [0.2, 0.25) is 0 Å². The number of hydrogen-bond acceptors (Lipinski definition) is 4. The highest BCUT2D eigenvalue weighted by Crippen LogP contribution is 2.24. The van der Waals surface area contributed by atoms with Gasteiger partial charge in [0.05, 0.1) is 24.1 Å². The van der Waals surface area contributed by atoms with Crippen LogP contribution in [-0.2, 0) is 0 Å². The SMILES string of the molecule is O=C(O)N1CC(F)C(Oc2cccc([N+](=O)[O-])c2)C1. The third-order valence-electron chi connectivity index (χ3n) is 2.78. The lowest BCUT2D eigenvalue weighted by molar-refractivity contribution is -0.385. The van der Waals surface area contributed by atoms with Crippen molar-refractivity contribution in [2.45, 2.75) is 12.3 Å². The van der Waals surface area contributed by atoms with Gasteiger partial charge in [-0.25, -0.2) is 9.18 Å². The van der Waals surface area contributed by atoms with Crippen LogP contribution in [0, 0.1) is 10.1 Å². The van der Waals surface area contributed by atoms with Gasteiger partial charge < -0.3 is 14.7 Å². The molecular formula is C11H11FN2O5. The molecule has 0 bridgehead atoms. The average molecular weight is 270 g/mol. The first-order valence-corrected chi connectivity index (χ1v) is 5.50. The molecule has 1 saturated heterocycles. The summed E-state index contributed by atoms with van der Waals surface area (Å²) >= 11 is 0. The molecule has 1 heterocycles. The van der Waals surface area contributed by atoms with Crippen molar-refractivity contribution in [1.29, 1.82) is 0 Å². The van der Waals surface area contributed by atoms with Crippen LogP contribution in [-0.4, -0.2) is 46.4 Å². The molecule has 1 aromatic rings. The molecule has 8 heteroatoms. The molecule has 0 saturated carbocycles. The van der Waals surface area contributed by atoms with E-state index in [2.05, 4.69) is 0 Å². The van der Waals surface area contributed by atoms with E-state index in [-0.39, 0.29) is 24.5 Å². The quantitative estimate of drug-likeness (QED) is 0.666. The molecule has 19 heavy (non-hydrogen) atoms. The molecular weight excluding hydrogens is 259 g/mol. The maximum atomic E-state index is 13.6. The monoisotopic (exact) mass is 270 g/mol. The van der Waals surface area contributed by atoms with E-state index >= 15 is 0 Å². The third kappa shape index (κ3) is 2.90. The van der Waals surface area contributed by atoms with E-state index in [0.717, 1.165) is 4.90 Å². The van der Waals surface area contributed by atoms with Gasteiger partial charge in [-0.1, -0.05) is 6.07 Å². The van der Waals surface area contributed by atoms with Crippen molar-refractivity contribution in [2.75, 3.05) is 13.1 Å². The molecule has 1 fully saturated rings. The zero-order valence-corrected chi connectivity index (χ0v) is 9.73. The smallest absolute Gasteiger partial charge is 0.407 e. The molecule has 2 rings (SSSR count). The Morgan fingerprint density at radius 1 is 1.53 bits per heavy atom. The Labute approximate surface area is 107 Å². The fraction of sp³-hybridized carbons (Fsp3) is 0.364. The van der Waals surface area contributed by atoms with Crippen LogP contribution in [0.3, 0.4) is 0 Å². The van der Waals surface area contributed by atoms with Gasteiger partial charge in [-0.3, -0.25) is 10.1 Å². The normalized spacial score (nSPS) is 22.3. The number of amides is 1. The number of nitro groups is 1. The van der Waals surface area contributed by atoms with Gasteiger partial charge in [0, 0.05) is 6.07 Å². The number of alkyl halides is 1. The van der Waals surface area contributed by atoms with E-state index in [0.29, 0.717) is 0 Å². The summed E-state index contributed by atoms with van der Waals surface area (Å²) in [7, 11) is 0. The van der Waals surface area contributed by atoms with Crippen molar-refractivity contribution in [1.82, 2.24) is 4.90 Å². The highest BCUT2D eigenvalue weighted by Gasteiger charge is 2.37. The predicted molar refractivity (Wildman–Crippen MR) is 62.0 cm³/mol. The lowest BCUT2D eigenvalue weighted by Crippen LogP contribution is -2.29. The summed E-state index contributed by atoms with van der Waals surface area (Å²) in [6.45, 7) is -0.353. The molecule has 1 aliphatic rings. The van der Waals surface area contributed by atoms with E-state index < -0.39 is 23.3 Å². The lowest BCUT2D eigenvalue weighted by Gasteiger charge is -2.14. The summed E-state index contributed by atoms with van der Waals surface area (Å²) in [4.78, 5) is 21.6. The van der Waals surface area contributed by atoms with Crippen LogP contribution in [0.25, 0.3) is 0 Å². The minimum atomic E-state index is -1.45. The van der Waals surface area contributed by atoms with Gasteiger partial charge in [0.2, 0.25) is 0 Å². The maximum Gasteiger partial charge on any atom is 0.407 e. The molecule has 0 aromatic heterocycles. The number of nitrogens with zero attached hydrogens (tertiary/aromatic N) is 2. The molecule has 1 aromatic carbocycles. The van der Waals surface area contributed by atoms with Crippen molar-refractivity contribution in [3.05, 3.63) is 34.4 Å². The van der Waals surface area contributed by atoms with Gasteiger partial charge in [-0.2, -0.15) is 0 Å². The van der Waals surface area contributed by atoms with Gasteiger partial charge in [0.1, 0.15) is 11.9 Å². The fourth-order valence-corrected chi connectivity index (χ4v) is 1.85. The zero-order chi connectivity index (χ0) is 14.0. The summed E-state index contributed by atoms with van der Waals surface area (Å²) in [5.41, 5.74) is -0.166. The van der Waals surface area contributed by atoms with Crippen molar-refractivity contribution in [3.63, 3.8) is 0 Å². The number of non-ortho nitro benzene ring substituents is 1. The number of hydrogen-bond donors (Lipinski definition) is 1. The topological polar surface area (TPSA) is 92.9 Å². The Bertz CT molecular complexity index is 510. The minimum absolute atomic E-state index is 0.0980. The van der Waals surface area contributed by atoms with Gasteiger partial charge in [0.25, 0.3) is 5.69 Å². The van der Waals surface area contributed by atoms with Crippen LogP contribution in [0.4, 0.5) is 14.9 Å². The fourth-order valence-electron chi connectivity index (χ4n) is 1.85. The van der Waals surface area contributed by atoms with Crippen LogP contribution in [0.5, 0.6) is 5.75 Å². The molecule has 2 atom stereocenters. The maximum absolute atomic E-state index is 13.6.